The van der Waals surface area contributed by atoms with Crippen LogP contribution in [0.5, 0.6) is 0 Å². The van der Waals surface area contributed by atoms with E-state index in [1.165, 1.54) is 12.5 Å². The zero-order chi connectivity index (χ0) is 20.2. The number of hydrogen-bond donors (Lipinski definition) is 3. The number of H-pyrrole nitrogens is 1. The first kappa shape index (κ1) is 18.9. The van der Waals surface area contributed by atoms with Crippen LogP contribution < -0.4 is 16.2 Å². The highest BCUT2D eigenvalue weighted by molar-refractivity contribution is 5.89. The minimum Gasteiger partial charge on any atom is -0.326 e. The van der Waals surface area contributed by atoms with Gasteiger partial charge in [0.15, 0.2) is 0 Å². The molecule has 1 aliphatic heterocycles. The molecule has 29 heavy (non-hydrogen) atoms. The van der Waals surface area contributed by atoms with Crippen molar-refractivity contribution in [2.45, 2.75) is 26.4 Å². The van der Waals surface area contributed by atoms with Crippen LogP contribution in [0, 0.1) is 0 Å². The van der Waals surface area contributed by atoms with E-state index in [0.29, 0.717) is 18.2 Å². The van der Waals surface area contributed by atoms with Gasteiger partial charge in [0, 0.05) is 44.4 Å². The molecule has 3 N–H and O–H groups in total. The van der Waals surface area contributed by atoms with E-state index in [-0.39, 0.29) is 11.5 Å². The van der Waals surface area contributed by atoms with Gasteiger partial charge in [0.1, 0.15) is 0 Å². The third-order valence-corrected chi connectivity index (χ3v) is 4.84. The lowest BCUT2D eigenvalue weighted by molar-refractivity contribution is -0.114. The predicted octanol–water partition coefficient (Wildman–Crippen LogP) is 3.03. The predicted molar refractivity (Wildman–Crippen MR) is 113 cm³/mol. The number of aromatic nitrogens is 2. The SMILES string of the molecule is CC(=O)Nc1cccc(Nc2nc3c(c(=O)[nH]2)CN(Cc2ccccc2)CC3)c1. The maximum Gasteiger partial charge on any atom is 0.257 e. The molecule has 0 aliphatic carbocycles. The van der Waals surface area contributed by atoms with E-state index in [1.807, 2.05) is 30.3 Å². The molecule has 1 amide bonds. The van der Waals surface area contributed by atoms with Gasteiger partial charge in [0.25, 0.3) is 5.56 Å². The van der Waals surface area contributed by atoms with E-state index in [0.717, 1.165) is 36.5 Å². The van der Waals surface area contributed by atoms with Crippen LogP contribution in [0.3, 0.4) is 0 Å². The van der Waals surface area contributed by atoms with E-state index < -0.39 is 0 Å². The normalized spacial score (nSPS) is 13.6. The molecule has 0 saturated carbocycles. The van der Waals surface area contributed by atoms with Gasteiger partial charge < -0.3 is 10.6 Å². The molecule has 2 heterocycles. The molecule has 148 valence electrons. The molecule has 0 fully saturated rings. The number of benzene rings is 2. The summed E-state index contributed by atoms with van der Waals surface area (Å²) >= 11 is 0. The lowest BCUT2D eigenvalue weighted by Gasteiger charge is -2.27. The molecule has 7 nitrogen and oxygen atoms in total. The van der Waals surface area contributed by atoms with Crippen molar-refractivity contribution in [3.63, 3.8) is 0 Å². The van der Waals surface area contributed by atoms with Crippen molar-refractivity contribution in [3.05, 3.63) is 81.8 Å². The average molecular weight is 389 g/mol. The fourth-order valence-electron chi connectivity index (χ4n) is 3.53. The first-order valence-corrected chi connectivity index (χ1v) is 9.60. The second kappa shape index (κ2) is 8.28. The van der Waals surface area contributed by atoms with E-state index >= 15 is 0 Å². The first-order chi connectivity index (χ1) is 14.1. The first-order valence-electron chi connectivity index (χ1n) is 9.60. The Labute approximate surface area is 168 Å². The number of hydrogen-bond acceptors (Lipinski definition) is 5. The third-order valence-electron chi connectivity index (χ3n) is 4.84. The molecular weight excluding hydrogens is 366 g/mol. The van der Waals surface area contributed by atoms with Crippen LogP contribution in [0.25, 0.3) is 0 Å². The van der Waals surface area contributed by atoms with Crippen LogP contribution in [-0.4, -0.2) is 27.3 Å². The Morgan fingerprint density at radius 2 is 1.93 bits per heavy atom. The summed E-state index contributed by atoms with van der Waals surface area (Å²) in [5, 5.41) is 5.87. The Bertz CT molecular complexity index is 1080. The van der Waals surface area contributed by atoms with Crippen LogP contribution in [0.1, 0.15) is 23.7 Å². The average Bonchev–Trinajstić information content (AvgIpc) is 2.69. The van der Waals surface area contributed by atoms with Gasteiger partial charge >= 0.3 is 0 Å². The summed E-state index contributed by atoms with van der Waals surface area (Å²) in [6, 6.07) is 17.5. The number of nitrogens with one attached hydrogen (secondary N) is 3. The van der Waals surface area contributed by atoms with Gasteiger partial charge in [-0.25, -0.2) is 4.98 Å². The van der Waals surface area contributed by atoms with Crippen molar-refractivity contribution in [1.82, 2.24) is 14.9 Å². The van der Waals surface area contributed by atoms with Crippen LogP contribution in [0.4, 0.5) is 17.3 Å². The molecule has 2 aromatic carbocycles. The molecule has 0 unspecified atom stereocenters. The van der Waals surface area contributed by atoms with Gasteiger partial charge in [-0.1, -0.05) is 36.4 Å². The number of rotatable bonds is 5. The Hall–Kier alpha value is -3.45. The fourth-order valence-corrected chi connectivity index (χ4v) is 3.53. The summed E-state index contributed by atoms with van der Waals surface area (Å²) in [5.41, 5.74) is 4.09. The van der Waals surface area contributed by atoms with Crippen LogP contribution >= 0.6 is 0 Å². The summed E-state index contributed by atoms with van der Waals surface area (Å²) in [6.07, 6.45) is 0.729. The van der Waals surface area contributed by atoms with E-state index in [4.69, 9.17) is 0 Å². The highest BCUT2D eigenvalue weighted by Crippen LogP contribution is 2.20. The molecule has 0 saturated heterocycles. The third kappa shape index (κ3) is 4.70. The fraction of sp³-hybridized carbons (Fsp3) is 0.227. The Morgan fingerprint density at radius 3 is 2.72 bits per heavy atom. The molecule has 0 bridgehead atoms. The maximum absolute atomic E-state index is 12.7. The number of aromatic amines is 1. The molecule has 0 radical (unpaired) electrons. The van der Waals surface area contributed by atoms with Crippen LogP contribution in [0.2, 0.25) is 0 Å². The Kier molecular flexibility index (Phi) is 5.39. The van der Waals surface area contributed by atoms with E-state index in [9.17, 15) is 9.59 Å². The minimum atomic E-state index is -0.137. The highest BCUT2D eigenvalue weighted by Gasteiger charge is 2.21. The van der Waals surface area contributed by atoms with Crippen molar-refractivity contribution in [2.75, 3.05) is 17.2 Å². The largest absolute Gasteiger partial charge is 0.326 e. The molecule has 1 aromatic heterocycles. The molecular formula is C22H23N5O2. The van der Waals surface area contributed by atoms with Gasteiger partial charge in [-0.15, -0.1) is 0 Å². The summed E-state index contributed by atoms with van der Waals surface area (Å²) in [7, 11) is 0. The topological polar surface area (TPSA) is 90.1 Å². The number of carbonyl (C=O) groups is 1. The van der Waals surface area contributed by atoms with Gasteiger partial charge in [0.2, 0.25) is 11.9 Å². The zero-order valence-corrected chi connectivity index (χ0v) is 16.2. The van der Waals surface area contributed by atoms with Crippen LogP contribution in [-0.2, 0) is 24.3 Å². The zero-order valence-electron chi connectivity index (χ0n) is 16.2. The summed E-state index contributed by atoms with van der Waals surface area (Å²) in [4.78, 5) is 33.6. The summed E-state index contributed by atoms with van der Waals surface area (Å²) < 4.78 is 0. The molecule has 0 spiro atoms. The van der Waals surface area contributed by atoms with Crippen molar-refractivity contribution < 1.29 is 4.79 Å². The van der Waals surface area contributed by atoms with Gasteiger partial charge in [-0.2, -0.15) is 0 Å². The standard InChI is InChI=1S/C22H23N5O2/c1-15(28)23-17-8-5-9-18(12-17)24-22-25-20-10-11-27(14-19(20)21(29)26-22)13-16-6-3-2-4-7-16/h2-9,12H,10-11,13-14H2,1H3,(H,23,28)(H2,24,25,26,29). The molecule has 3 aromatic rings. The molecule has 0 atom stereocenters. The second-order valence-electron chi connectivity index (χ2n) is 7.17. The van der Waals surface area contributed by atoms with Crippen LogP contribution in [0.15, 0.2) is 59.4 Å². The number of nitrogens with zero attached hydrogens (tertiary/aromatic N) is 2. The Balaban J connectivity index is 1.49. The van der Waals surface area contributed by atoms with Gasteiger partial charge in [0.05, 0.1) is 11.3 Å². The lowest BCUT2D eigenvalue weighted by atomic mass is 10.1. The second-order valence-corrected chi connectivity index (χ2v) is 7.17. The van der Waals surface area contributed by atoms with Crippen molar-refractivity contribution in [1.29, 1.82) is 0 Å². The monoisotopic (exact) mass is 389 g/mol. The number of anilines is 3. The van der Waals surface area contributed by atoms with Gasteiger partial charge in [-0.3, -0.25) is 19.5 Å². The van der Waals surface area contributed by atoms with Crippen molar-refractivity contribution in [2.24, 2.45) is 0 Å². The Morgan fingerprint density at radius 1 is 1.14 bits per heavy atom. The smallest absolute Gasteiger partial charge is 0.257 e. The molecule has 4 rings (SSSR count). The van der Waals surface area contributed by atoms with E-state index in [2.05, 4.69) is 37.6 Å². The number of carbonyl (C=O) groups excluding carboxylic acids is 1. The van der Waals surface area contributed by atoms with Gasteiger partial charge in [-0.05, 0) is 23.8 Å². The number of fused-ring (bicyclic) bond motifs is 1. The van der Waals surface area contributed by atoms with Crippen molar-refractivity contribution in [3.8, 4) is 0 Å². The lowest BCUT2D eigenvalue weighted by Crippen LogP contribution is -2.35. The quantitative estimate of drug-likeness (QED) is 0.624. The number of amides is 1. The summed E-state index contributed by atoms with van der Waals surface area (Å²) in [6.45, 7) is 3.72. The summed E-state index contributed by atoms with van der Waals surface area (Å²) in [5.74, 6) is 0.271. The highest BCUT2D eigenvalue weighted by atomic mass is 16.1. The molecule has 7 heteroatoms. The van der Waals surface area contributed by atoms with Crippen molar-refractivity contribution >= 4 is 23.2 Å². The minimum absolute atomic E-state index is 0.117. The van der Waals surface area contributed by atoms with E-state index in [1.54, 1.807) is 12.1 Å². The molecule has 1 aliphatic rings. The maximum atomic E-state index is 12.7.